The van der Waals surface area contributed by atoms with Gasteiger partial charge in [0.15, 0.2) is 0 Å². The summed E-state index contributed by atoms with van der Waals surface area (Å²) < 4.78 is 75.5. The van der Waals surface area contributed by atoms with Crippen molar-refractivity contribution in [1.29, 1.82) is 0 Å². The summed E-state index contributed by atoms with van der Waals surface area (Å²) in [5.74, 6) is 0. The van der Waals surface area contributed by atoms with Gasteiger partial charge in [0.25, 0.3) is 0 Å². The normalized spacial score (nSPS) is 13.8. The Labute approximate surface area is 285 Å². The minimum absolute atomic E-state index is 0.131. The van der Waals surface area contributed by atoms with Gasteiger partial charge in [-0.3, -0.25) is 0 Å². The molecule has 0 radical (unpaired) electrons. The standard InChI is InChI=1S/C46H31N/c1-2-14-36(15-3-1)47(37-26-22-32(23-27-37)45-30-34-12-4-6-16-39(34)41-18-8-10-20-43(41)45)38-28-24-33(25-29-38)46-31-35-13-5-7-17-40(35)42-19-9-11-21-44(42)46/h1-31H/i22D,23D,24D,25D,26D,27D,28D,29D. The molecule has 0 atom stereocenters. The Kier molecular flexibility index (Phi) is 4.83. The molecular formula is C46H31N. The van der Waals surface area contributed by atoms with Gasteiger partial charge in [-0.05, 0) is 114 Å². The van der Waals surface area contributed by atoms with Crippen molar-refractivity contribution < 1.29 is 11.0 Å². The van der Waals surface area contributed by atoms with Crippen LogP contribution < -0.4 is 4.90 Å². The molecule has 9 rings (SSSR count). The molecule has 9 aromatic rings. The zero-order valence-corrected chi connectivity index (χ0v) is 25.2. The van der Waals surface area contributed by atoms with Gasteiger partial charge in [-0.25, -0.2) is 0 Å². The van der Waals surface area contributed by atoms with Gasteiger partial charge >= 0.3 is 0 Å². The van der Waals surface area contributed by atoms with Crippen LogP contribution in [0.15, 0.2) is 188 Å². The number of fused-ring (bicyclic) bond motifs is 6. The summed E-state index contributed by atoms with van der Waals surface area (Å²) in [4.78, 5) is 1.34. The zero-order chi connectivity index (χ0) is 38.1. The van der Waals surface area contributed by atoms with Crippen LogP contribution in [0.25, 0.3) is 65.3 Å². The van der Waals surface area contributed by atoms with Gasteiger partial charge in [0.2, 0.25) is 0 Å². The summed E-state index contributed by atoms with van der Waals surface area (Å²) in [5, 5.41) is 7.21. The van der Waals surface area contributed by atoms with Gasteiger partial charge in [0.1, 0.15) is 0 Å². The maximum atomic E-state index is 9.47. The predicted molar refractivity (Wildman–Crippen MR) is 202 cm³/mol. The van der Waals surface area contributed by atoms with Crippen LogP contribution in [0.5, 0.6) is 0 Å². The fourth-order valence-corrected chi connectivity index (χ4v) is 6.57. The molecule has 0 aliphatic rings. The van der Waals surface area contributed by atoms with E-state index in [0.29, 0.717) is 16.8 Å². The van der Waals surface area contributed by atoms with E-state index in [0.717, 1.165) is 43.1 Å². The summed E-state index contributed by atoms with van der Waals surface area (Å²) in [5.41, 5.74) is 1.37. The molecule has 1 heteroatoms. The van der Waals surface area contributed by atoms with Crippen LogP contribution >= 0.6 is 0 Å². The van der Waals surface area contributed by atoms with Gasteiger partial charge < -0.3 is 4.90 Å². The third kappa shape index (κ3) is 4.72. The van der Waals surface area contributed by atoms with E-state index in [4.69, 9.17) is 0 Å². The van der Waals surface area contributed by atoms with E-state index < -0.39 is 0 Å². The first-order valence-corrected chi connectivity index (χ1v) is 15.5. The molecule has 0 saturated carbocycles. The number of hydrogen-bond acceptors (Lipinski definition) is 1. The highest BCUT2D eigenvalue weighted by Crippen LogP contribution is 2.40. The average molecular weight is 606 g/mol. The maximum absolute atomic E-state index is 9.47. The largest absolute Gasteiger partial charge is 0.311 e. The summed E-state index contributed by atoms with van der Waals surface area (Å²) in [6, 6.07) is 40.9. The SMILES string of the molecule is [2H]c1c([2H])c(N(c2ccccc2)c2c([2H])c([2H])c(-c3cc4ccccc4c4ccccc34)c([2H])c2[2H])c([2H])c([2H])c1-c1cc2ccccc2c2ccccc12. The quantitative estimate of drug-likeness (QED) is 0.176. The fraction of sp³-hybridized carbons (Fsp3) is 0. The van der Waals surface area contributed by atoms with Crippen molar-refractivity contribution >= 4 is 60.2 Å². The van der Waals surface area contributed by atoms with Gasteiger partial charge in [-0.1, -0.05) is 139 Å². The lowest BCUT2D eigenvalue weighted by atomic mass is 9.93. The lowest BCUT2D eigenvalue weighted by Gasteiger charge is -2.26. The molecular weight excluding hydrogens is 567 g/mol. The Morgan fingerprint density at radius 3 is 1.13 bits per heavy atom. The van der Waals surface area contributed by atoms with Crippen LogP contribution in [-0.4, -0.2) is 0 Å². The number of para-hydroxylation sites is 1. The lowest BCUT2D eigenvalue weighted by Crippen LogP contribution is -2.09. The highest BCUT2D eigenvalue weighted by Gasteiger charge is 2.15. The fourth-order valence-electron chi connectivity index (χ4n) is 6.57. The Bertz CT molecular complexity index is 2790. The molecule has 0 unspecified atom stereocenters. The van der Waals surface area contributed by atoms with Crippen LogP contribution in [0.3, 0.4) is 0 Å². The van der Waals surface area contributed by atoms with Crippen molar-refractivity contribution in [1.82, 2.24) is 0 Å². The molecule has 0 aliphatic heterocycles. The molecule has 0 spiro atoms. The maximum Gasteiger partial charge on any atom is 0.0645 e. The minimum atomic E-state index is -0.376. The van der Waals surface area contributed by atoms with E-state index in [1.54, 1.807) is 30.3 Å². The van der Waals surface area contributed by atoms with Gasteiger partial charge in [-0.15, -0.1) is 0 Å². The van der Waals surface area contributed by atoms with Crippen LogP contribution in [0, 0.1) is 0 Å². The van der Waals surface area contributed by atoms with E-state index in [-0.39, 0.29) is 70.8 Å². The number of benzene rings is 9. The van der Waals surface area contributed by atoms with Gasteiger partial charge in [0.05, 0.1) is 11.0 Å². The Morgan fingerprint density at radius 2 is 0.681 bits per heavy atom. The summed E-state index contributed by atoms with van der Waals surface area (Å²) in [6.07, 6.45) is 0. The minimum Gasteiger partial charge on any atom is -0.311 e. The summed E-state index contributed by atoms with van der Waals surface area (Å²) in [6.45, 7) is 0. The second-order valence-electron chi connectivity index (χ2n) is 11.5. The molecule has 0 fully saturated rings. The molecule has 0 aromatic heterocycles. The van der Waals surface area contributed by atoms with Gasteiger partial charge in [0, 0.05) is 17.1 Å². The topological polar surface area (TPSA) is 3.24 Å². The van der Waals surface area contributed by atoms with Crippen molar-refractivity contribution in [2.24, 2.45) is 0 Å². The molecule has 220 valence electrons. The first kappa shape index (κ1) is 20.0. The molecule has 0 N–H and O–H groups in total. The highest BCUT2D eigenvalue weighted by molar-refractivity contribution is 6.15. The second-order valence-corrected chi connectivity index (χ2v) is 11.5. The number of anilines is 3. The molecule has 0 amide bonds. The summed E-state index contributed by atoms with van der Waals surface area (Å²) >= 11 is 0. The number of rotatable bonds is 5. The average Bonchev–Trinajstić information content (AvgIpc) is 3.22. The Hall–Kier alpha value is -6.18. The van der Waals surface area contributed by atoms with E-state index in [9.17, 15) is 11.0 Å². The molecule has 0 heterocycles. The first-order chi connectivity index (χ1) is 26.7. The van der Waals surface area contributed by atoms with Crippen LogP contribution in [0.4, 0.5) is 17.1 Å². The second kappa shape index (κ2) is 11.3. The molecule has 0 bridgehead atoms. The van der Waals surface area contributed by atoms with E-state index in [1.807, 2.05) is 109 Å². The zero-order valence-electron chi connectivity index (χ0n) is 33.2. The lowest BCUT2D eigenvalue weighted by molar-refractivity contribution is 1.28. The van der Waals surface area contributed by atoms with E-state index >= 15 is 0 Å². The third-order valence-electron chi connectivity index (χ3n) is 8.76. The van der Waals surface area contributed by atoms with Crippen molar-refractivity contribution in [2.75, 3.05) is 4.90 Å². The first-order valence-electron chi connectivity index (χ1n) is 19.5. The van der Waals surface area contributed by atoms with Crippen LogP contribution in [0.1, 0.15) is 11.0 Å². The molecule has 47 heavy (non-hydrogen) atoms. The Balaban J connectivity index is 1.31. The number of nitrogens with zero attached hydrogens (tertiary/aromatic N) is 1. The van der Waals surface area contributed by atoms with Crippen molar-refractivity contribution in [2.45, 2.75) is 0 Å². The molecule has 0 saturated heterocycles. The number of hydrogen-bond donors (Lipinski definition) is 0. The highest BCUT2D eigenvalue weighted by atomic mass is 15.1. The molecule has 0 aliphatic carbocycles. The van der Waals surface area contributed by atoms with Crippen molar-refractivity contribution in [3.63, 3.8) is 0 Å². The van der Waals surface area contributed by atoms with Gasteiger partial charge in [-0.2, -0.15) is 0 Å². The summed E-state index contributed by atoms with van der Waals surface area (Å²) in [7, 11) is 0. The van der Waals surface area contributed by atoms with E-state index in [2.05, 4.69) is 0 Å². The van der Waals surface area contributed by atoms with Crippen LogP contribution in [-0.2, 0) is 0 Å². The van der Waals surface area contributed by atoms with Crippen molar-refractivity contribution in [3.8, 4) is 22.3 Å². The van der Waals surface area contributed by atoms with Crippen molar-refractivity contribution in [3.05, 3.63) is 188 Å². The van der Waals surface area contributed by atoms with E-state index in [1.165, 1.54) is 4.90 Å². The third-order valence-corrected chi connectivity index (χ3v) is 8.76. The monoisotopic (exact) mass is 605 g/mol. The molecule has 9 aromatic carbocycles. The Morgan fingerprint density at radius 1 is 0.319 bits per heavy atom. The smallest absolute Gasteiger partial charge is 0.0645 e. The predicted octanol–water partition coefficient (Wildman–Crippen LogP) is 13.1. The molecule has 1 nitrogen and oxygen atoms in total. The van der Waals surface area contributed by atoms with Crippen LogP contribution in [0.2, 0.25) is 0 Å².